The molecule has 11 bridgehead atoms. The number of halogens is 4. The molecule has 0 spiro atoms. The van der Waals surface area contributed by atoms with E-state index < -0.39 is 254 Å². The molecular weight excluding hydrogens is 1750 g/mol. The Morgan fingerprint density at radius 3 is 2.00 bits per heavy atom. The van der Waals surface area contributed by atoms with Gasteiger partial charge in [0, 0.05) is 55.5 Å². The molecule has 14 rings (SSSR count). The van der Waals surface area contributed by atoms with Crippen LogP contribution in [0.1, 0.15) is 111 Å². The number of primary amides is 1. The number of rotatable bonds is 24. The normalized spacial score (nSPS) is 25.7. The summed E-state index contributed by atoms with van der Waals surface area (Å²) in [4.78, 5) is 156. The van der Waals surface area contributed by atoms with Gasteiger partial charge in [-0.05, 0) is 139 Å². The van der Waals surface area contributed by atoms with Gasteiger partial charge in [-0.2, -0.15) is 4.98 Å². The Bertz CT molecular complexity index is 5410. The minimum absolute atomic E-state index is 0.0422. The van der Waals surface area contributed by atoms with Gasteiger partial charge in [-0.25, -0.2) is 10.3 Å². The number of phenols is 3. The number of hydrogen-bond acceptors (Lipinski definition) is 30. The smallest absolute Gasteiger partial charge is 0.349 e. The molecule has 9 amide bonds. The number of phenolic OH excluding ortho intramolecular Hbond substituents is 3. The van der Waals surface area contributed by atoms with E-state index in [2.05, 4.69) is 58.3 Å². The molecule has 0 aliphatic carbocycles. The van der Waals surface area contributed by atoms with Crippen molar-refractivity contribution in [3.05, 3.63) is 173 Å². The number of aromatic nitrogens is 2. The molecule has 0 saturated carbocycles. The second-order valence-corrected chi connectivity index (χ2v) is 32.9. The van der Waals surface area contributed by atoms with E-state index in [1.807, 2.05) is 13.8 Å². The van der Waals surface area contributed by atoms with Crippen molar-refractivity contribution >= 4 is 105 Å². The van der Waals surface area contributed by atoms with Gasteiger partial charge < -0.3 is 133 Å². The number of likely N-dealkylation sites (N-methyl/N-ethyl adjacent to an activating group) is 1. The Morgan fingerprint density at radius 1 is 0.701 bits per heavy atom. The molecule has 680 valence electrons. The van der Waals surface area contributed by atoms with Crippen LogP contribution in [0.4, 0.5) is 5.82 Å². The maximum atomic E-state index is 16.4. The quantitative estimate of drug-likeness (QED) is 0.0304. The number of aliphatic hydroxyl groups is 6. The molecule has 44 heteroatoms. The number of fused-ring (bicyclic) bond motifs is 15. The fourth-order valence-corrected chi connectivity index (χ4v) is 15.9. The third kappa shape index (κ3) is 22.0. The van der Waals surface area contributed by atoms with Gasteiger partial charge in [-0.3, -0.25) is 52.6 Å². The van der Waals surface area contributed by atoms with Gasteiger partial charge >= 0.3 is 5.69 Å². The number of nitrogens with one attached hydrogen (secondary N) is 10. The number of methoxy groups -OCH3 is 1. The summed E-state index contributed by atoms with van der Waals surface area (Å²) in [6.45, 7) is 5.22. The molecule has 1 aromatic heterocycles. The molecule has 2 saturated heterocycles. The Labute approximate surface area is 743 Å². The summed E-state index contributed by atoms with van der Waals surface area (Å²) in [5.74, 6) is -16.2. The summed E-state index contributed by atoms with van der Waals surface area (Å²) >= 11 is 26.6. The zero-order valence-corrected chi connectivity index (χ0v) is 71.5. The van der Waals surface area contributed by atoms with E-state index in [4.69, 9.17) is 90.1 Å². The summed E-state index contributed by atoms with van der Waals surface area (Å²) in [5.41, 5.74) is 3.58. The first kappa shape index (κ1) is 95.0. The van der Waals surface area contributed by atoms with E-state index in [-0.39, 0.29) is 84.8 Å². The number of ether oxygens (including phenoxy) is 7. The number of amides is 9. The van der Waals surface area contributed by atoms with Gasteiger partial charge in [0.1, 0.15) is 101 Å². The number of anilines is 1. The first-order chi connectivity index (χ1) is 60.3. The number of nitrogens with two attached hydrogens (primary N) is 1. The number of benzene rings is 6. The van der Waals surface area contributed by atoms with E-state index in [1.54, 1.807) is 13.0 Å². The van der Waals surface area contributed by atoms with Crippen molar-refractivity contribution in [2.24, 2.45) is 11.7 Å². The number of hydroxylamine groups is 1. The molecule has 18 atom stereocenters. The SMILES string of the molecule is CNC(CC(C)C)C(=O)NC1C(=O)NC(CC(N)=O)C(=O)NC2C(=O)NC3C(=O)NC(C(=O)N[C@@H](C(=O)NOCCOC)c4cc(O)cc(O)c4-c4cc3ccc4O)C(O)c3ccc(c(Cl)c3)Oc3cc2cc(c3OC2OC(CO)C(O)C(O)C2OC2C[C@@](C)(NCCn3ccc(NC(=O)Cc4ccc(Cl)c(Cl)c4)nc3=O)C(O)C(C)O2)Oc2ccc(cc2Cl)C1O. The number of carbonyl (C=O) groups excluding carboxylic acids is 9. The van der Waals surface area contributed by atoms with Gasteiger partial charge in [-0.15, -0.1) is 0 Å². The van der Waals surface area contributed by atoms with Crippen molar-refractivity contribution in [3.63, 3.8) is 0 Å². The topological polar surface area (TPSA) is 591 Å². The van der Waals surface area contributed by atoms with E-state index in [0.29, 0.717) is 10.6 Å². The third-order valence-electron chi connectivity index (χ3n) is 21.7. The molecule has 8 heterocycles. The van der Waals surface area contributed by atoms with E-state index in [1.165, 1.54) is 62.2 Å². The molecule has 0 radical (unpaired) electrons. The Hall–Kier alpha value is -11.1. The van der Waals surface area contributed by atoms with Gasteiger partial charge in [0.2, 0.25) is 59.3 Å². The van der Waals surface area contributed by atoms with Gasteiger partial charge in [0.15, 0.2) is 23.9 Å². The van der Waals surface area contributed by atoms with Crippen molar-refractivity contribution in [2.75, 3.05) is 45.8 Å². The average Bonchev–Trinajstić information content (AvgIpc) is 0.766. The fraction of sp³-hybridized carbons (Fsp3) is 0.410. The summed E-state index contributed by atoms with van der Waals surface area (Å²) in [6.07, 6.45) is -18.3. The molecule has 7 aliphatic heterocycles. The van der Waals surface area contributed by atoms with Crippen LogP contribution in [-0.4, -0.2) is 228 Å². The standard InChI is InChI=1S/C83H93Cl4N13O27/c1-34(2)21-48(89-5)74(112)97-65-67(107)38-9-13-52(46(86)25-38)123-54-27-40-28-55(71(54)127-81-72(70(110)69(109)56(33-101)125-81)126-60-32-83(4,73(111)35(3)122-60)90-16-18-100-17-15-58(93-82(100)119)92-59(106)23-36-7-11-44(84)45(85)22-36)124-53-14-10-39(26-47(53)87)68(108)66-79(117)96-64(80(118)99-121-20-19-120-6)43-29-41(102)30-51(104)61(43)42-24-37(8-12-50(42)103)62(76(114)98-66)95-77(115)63(40)94-75(113)49(31-57(88)105)91-78(65)116/h7-15,17,22,24-30,34-35,48-49,56,60,62-70,72-73,81,89-90,101-104,107-111H,16,18-21,23,31-33H2,1-6H3,(H2,88,105)(H,91,116)(H,94,113)(H,95,115)(H,96,117)(H,97,112)(H,98,114)(H,99,118)(H,92,93,106,119)/t35?,48?,49?,56?,60?,62?,63?,64-,65?,66?,67?,68?,69?,70?,72?,73?,81?,83-/m1/s1. The second kappa shape index (κ2) is 40.9. The average molecular weight is 1850 g/mol. The minimum atomic E-state index is -2.40. The first-order valence-corrected chi connectivity index (χ1v) is 41.3. The molecule has 7 aromatic rings. The molecule has 127 heavy (non-hydrogen) atoms. The third-order valence-corrected chi connectivity index (χ3v) is 23.0. The Morgan fingerprint density at radius 2 is 1.36 bits per heavy atom. The van der Waals surface area contributed by atoms with Gasteiger partial charge in [0.25, 0.3) is 5.91 Å². The van der Waals surface area contributed by atoms with Gasteiger partial charge in [0.05, 0.1) is 71.0 Å². The predicted octanol–water partition coefficient (Wildman–Crippen LogP) is 2.09. The van der Waals surface area contributed by atoms with Crippen molar-refractivity contribution in [2.45, 2.75) is 169 Å². The predicted molar refractivity (Wildman–Crippen MR) is 449 cm³/mol. The molecule has 2 fully saturated rings. The molecule has 40 nitrogen and oxygen atoms in total. The Kier molecular flexibility index (Phi) is 30.6. The van der Waals surface area contributed by atoms with Crippen LogP contribution in [0.5, 0.6) is 46.0 Å². The highest BCUT2D eigenvalue weighted by Crippen LogP contribution is 2.50. The van der Waals surface area contributed by atoms with Crippen LogP contribution in [0.25, 0.3) is 11.1 Å². The maximum absolute atomic E-state index is 16.4. The summed E-state index contributed by atoms with van der Waals surface area (Å²) in [7, 11) is 2.80. The fourth-order valence-electron chi connectivity index (χ4n) is 15.1. The van der Waals surface area contributed by atoms with Crippen LogP contribution in [0.2, 0.25) is 20.1 Å². The monoisotopic (exact) mass is 1840 g/mol. The molecule has 21 N–H and O–H groups in total. The first-order valence-electron chi connectivity index (χ1n) is 39.8. The van der Waals surface area contributed by atoms with Crippen LogP contribution in [0, 0.1) is 5.92 Å². The van der Waals surface area contributed by atoms with Crippen LogP contribution in [0.15, 0.2) is 114 Å². The van der Waals surface area contributed by atoms with Crippen LogP contribution in [-0.2, 0) is 79.9 Å². The van der Waals surface area contributed by atoms with E-state index in [9.17, 15) is 69.9 Å². The highest BCUT2D eigenvalue weighted by Gasteiger charge is 2.52. The lowest BCUT2D eigenvalue weighted by Gasteiger charge is -2.48. The number of carbonyl (C=O) groups is 9. The number of hydrogen-bond donors (Lipinski definition) is 20. The van der Waals surface area contributed by atoms with E-state index >= 15 is 24.0 Å². The second-order valence-electron chi connectivity index (χ2n) is 31.3. The molecule has 16 unspecified atom stereocenters. The summed E-state index contributed by atoms with van der Waals surface area (Å²) in [5, 5.41) is 130. The Balaban J connectivity index is 0.997. The molecule has 7 aliphatic rings. The molecule has 6 aromatic carbocycles. The summed E-state index contributed by atoms with van der Waals surface area (Å²) < 4.78 is 45.7. The highest BCUT2D eigenvalue weighted by atomic mass is 35.5. The molecular formula is C83H93Cl4N13O27. The van der Waals surface area contributed by atoms with Crippen molar-refractivity contribution in [3.8, 4) is 57.1 Å². The number of nitrogens with zero attached hydrogens (tertiary/aromatic N) is 2. The number of aromatic hydroxyl groups is 3. The zero-order chi connectivity index (χ0) is 91.9. The van der Waals surface area contributed by atoms with Crippen LogP contribution < -0.4 is 79.0 Å². The minimum Gasteiger partial charge on any atom is -0.508 e. The highest BCUT2D eigenvalue weighted by molar-refractivity contribution is 6.42. The maximum Gasteiger partial charge on any atom is 0.349 e. The van der Waals surface area contributed by atoms with Crippen molar-refractivity contribution in [1.82, 2.24) is 57.6 Å². The van der Waals surface area contributed by atoms with Gasteiger partial charge in [-0.1, -0.05) is 84.5 Å². The largest absolute Gasteiger partial charge is 0.508 e. The lowest BCUT2D eigenvalue weighted by molar-refractivity contribution is -0.334. The van der Waals surface area contributed by atoms with E-state index in [0.717, 1.165) is 66.7 Å². The summed E-state index contributed by atoms with van der Waals surface area (Å²) in [6, 6.07) is 5.50. The van der Waals surface area contributed by atoms with Crippen LogP contribution >= 0.6 is 46.4 Å². The van der Waals surface area contributed by atoms with Crippen LogP contribution in [0.3, 0.4) is 0 Å². The zero-order valence-electron chi connectivity index (χ0n) is 68.5. The lowest BCUT2D eigenvalue weighted by atomic mass is 9.85. The lowest BCUT2D eigenvalue weighted by Crippen LogP contribution is -2.65. The van der Waals surface area contributed by atoms with Crippen molar-refractivity contribution in [1.29, 1.82) is 0 Å². The van der Waals surface area contributed by atoms with Crippen molar-refractivity contribution < 1.29 is 127 Å². The number of aliphatic hydroxyl groups excluding tert-OH is 6.